The number of rotatable bonds is 3. The van der Waals surface area contributed by atoms with Gasteiger partial charge in [0.2, 0.25) is 0 Å². The van der Waals surface area contributed by atoms with E-state index < -0.39 is 5.60 Å². The Labute approximate surface area is 174 Å². The van der Waals surface area contributed by atoms with Crippen LogP contribution in [0.15, 0.2) is 16.8 Å². The van der Waals surface area contributed by atoms with Crippen molar-refractivity contribution in [3.05, 3.63) is 27.4 Å². The average molecular weight is 422 g/mol. The second kappa shape index (κ2) is 8.21. The van der Waals surface area contributed by atoms with E-state index in [-0.39, 0.29) is 18.0 Å². The molecule has 3 rings (SSSR count). The predicted octanol–water partition coefficient (Wildman–Crippen LogP) is 4.65. The van der Waals surface area contributed by atoms with Crippen LogP contribution < -0.4 is 0 Å². The van der Waals surface area contributed by atoms with Crippen LogP contribution in [0.25, 0.3) is 10.6 Å². The fourth-order valence-corrected chi connectivity index (χ4v) is 4.93. The summed E-state index contributed by atoms with van der Waals surface area (Å²) < 4.78 is 5.45. The first kappa shape index (κ1) is 20.8. The van der Waals surface area contributed by atoms with Crippen molar-refractivity contribution >= 4 is 34.7 Å². The van der Waals surface area contributed by atoms with Gasteiger partial charge in [-0.15, -0.1) is 11.3 Å². The maximum Gasteiger partial charge on any atom is 0.410 e. The number of carbonyl (C=O) groups is 2. The average Bonchev–Trinajstić information content (AvgIpc) is 3.28. The fourth-order valence-electron chi connectivity index (χ4n) is 3.19. The number of aryl methyl sites for hydroxylation is 1. The van der Waals surface area contributed by atoms with E-state index in [9.17, 15) is 9.59 Å². The molecule has 1 aliphatic rings. The third-order valence-corrected chi connectivity index (χ3v) is 6.62. The minimum atomic E-state index is -0.508. The van der Waals surface area contributed by atoms with Crippen LogP contribution in [0.2, 0.25) is 0 Å². The zero-order chi connectivity index (χ0) is 20.5. The van der Waals surface area contributed by atoms with Gasteiger partial charge in [-0.3, -0.25) is 4.79 Å². The third kappa shape index (κ3) is 4.72. The maximum atomic E-state index is 13.0. The summed E-state index contributed by atoms with van der Waals surface area (Å²) in [6.07, 6.45) is 1.18. The Bertz CT molecular complexity index is 831. The molecule has 0 aliphatic carbocycles. The summed E-state index contributed by atoms with van der Waals surface area (Å²) in [5.74, 6) is 0.0369. The van der Waals surface area contributed by atoms with Crippen molar-refractivity contribution in [3.63, 3.8) is 0 Å². The summed E-state index contributed by atoms with van der Waals surface area (Å²) in [6.45, 7) is 8.73. The highest BCUT2D eigenvalue weighted by atomic mass is 32.1. The predicted molar refractivity (Wildman–Crippen MR) is 113 cm³/mol. The molecule has 1 saturated heterocycles. The fraction of sp³-hybridized carbons (Fsp3) is 0.550. The van der Waals surface area contributed by atoms with Crippen molar-refractivity contribution in [1.82, 2.24) is 14.8 Å². The molecule has 2 aromatic rings. The standard InChI is InChI=1S/C20H27N3O3S2/c1-13-16(28-17(21-13)14-8-11-27-12-14)18(24)23-9-6-15(7-10-23)22(5)19(25)26-20(2,3)4/h8,11-12,15H,6-7,9-10H2,1-5H3. The highest BCUT2D eigenvalue weighted by molar-refractivity contribution is 7.17. The summed E-state index contributed by atoms with van der Waals surface area (Å²) >= 11 is 3.08. The van der Waals surface area contributed by atoms with Gasteiger partial charge < -0.3 is 14.5 Å². The van der Waals surface area contributed by atoms with Crippen LogP contribution in [0.5, 0.6) is 0 Å². The Balaban J connectivity index is 1.61. The van der Waals surface area contributed by atoms with Crippen LogP contribution in [0, 0.1) is 6.92 Å². The molecule has 152 valence electrons. The summed E-state index contributed by atoms with van der Waals surface area (Å²) in [7, 11) is 1.77. The Hall–Kier alpha value is -1.93. The maximum absolute atomic E-state index is 13.0. The van der Waals surface area contributed by atoms with Crippen molar-refractivity contribution in [2.45, 2.75) is 52.2 Å². The van der Waals surface area contributed by atoms with Crippen LogP contribution in [0.1, 0.15) is 49.0 Å². The van der Waals surface area contributed by atoms with Gasteiger partial charge in [-0.2, -0.15) is 11.3 Å². The lowest BCUT2D eigenvalue weighted by molar-refractivity contribution is 0.0156. The van der Waals surface area contributed by atoms with Crippen molar-refractivity contribution in [3.8, 4) is 10.6 Å². The topological polar surface area (TPSA) is 62.7 Å². The molecule has 0 N–H and O–H groups in total. The van der Waals surface area contributed by atoms with Gasteiger partial charge in [0, 0.05) is 37.1 Å². The number of likely N-dealkylation sites (tertiary alicyclic amines) is 1. The second-order valence-corrected chi connectivity index (χ2v) is 9.84. The molecule has 0 unspecified atom stereocenters. The number of hydrogen-bond donors (Lipinski definition) is 0. The zero-order valence-electron chi connectivity index (χ0n) is 17.0. The Morgan fingerprint density at radius 2 is 1.96 bits per heavy atom. The molecule has 0 radical (unpaired) electrons. The van der Waals surface area contributed by atoms with Crippen LogP contribution in [0.4, 0.5) is 4.79 Å². The summed E-state index contributed by atoms with van der Waals surface area (Å²) in [6, 6.07) is 2.11. The van der Waals surface area contributed by atoms with E-state index in [2.05, 4.69) is 4.98 Å². The normalized spacial score (nSPS) is 15.5. The number of aromatic nitrogens is 1. The molecular weight excluding hydrogens is 394 g/mol. The van der Waals surface area contributed by atoms with E-state index >= 15 is 0 Å². The first-order valence-corrected chi connectivity index (χ1v) is 11.2. The molecule has 8 heteroatoms. The monoisotopic (exact) mass is 421 g/mol. The largest absolute Gasteiger partial charge is 0.444 e. The number of amides is 2. The smallest absolute Gasteiger partial charge is 0.410 e. The Morgan fingerprint density at radius 3 is 2.54 bits per heavy atom. The third-order valence-electron chi connectivity index (χ3n) is 4.74. The van der Waals surface area contributed by atoms with Crippen molar-refractivity contribution < 1.29 is 14.3 Å². The molecule has 2 amide bonds. The molecule has 28 heavy (non-hydrogen) atoms. The number of thiazole rings is 1. The number of carbonyl (C=O) groups excluding carboxylic acids is 2. The van der Waals surface area contributed by atoms with E-state index in [1.54, 1.807) is 23.3 Å². The summed E-state index contributed by atoms with van der Waals surface area (Å²) in [5, 5.41) is 4.95. The van der Waals surface area contributed by atoms with Crippen LogP contribution in [0.3, 0.4) is 0 Å². The first-order chi connectivity index (χ1) is 13.2. The van der Waals surface area contributed by atoms with Gasteiger partial charge in [0.15, 0.2) is 0 Å². The number of piperidine rings is 1. The zero-order valence-corrected chi connectivity index (χ0v) is 18.7. The van der Waals surface area contributed by atoms with Gasteiger partial charge in [0.25, 0.3) is 5.91 Å². The van der Waals surface area contributed by atoms with Gasteiger partial charge in [-0.1, -0.05) is 0 Å². The van der Waals surface area contributed by atoms with Crippen molar-refractivity contribution in [2.75, 3.05) is 20.1 Å². The van der Waals surface area contributed by atoms with Gasteiger partial charge in [0.05, 0.1) is 5.69 Å². The van der Waals surface area contributed by atoms with E-state index in [0.29, 0.717) is 18.0 Å². The van der Waals surface area contributed by atoms with Crippen molar-refractivity contribution in [1.29, 1.82) is 0 Å². The lowest BCUT2D eigenvalue weighted by atomic mass is 10.0. The molecule has 0 spiro atoms. The molecule has 0 saturated carbocycles. The van der Waals surface area contributed by atoms with Crippen LogP contribution >= 0.6 is 22.7 Å². The lowest BCUT2D eigenvalue weighted by Crippen LogP contribution is -2.48. The molecule has 6 nitrogen and oxygen atoms in total. The number of thiophene rings is 1. The minimum Gasteiger partial charge on any atom is -0.444 e. The molecule has 0 bridgehead atoms. The highest BCUT2D eigenvalue weighted by Gasteiger charge is 2.31. The SMILES string of the molecule is Cc1nc(-c2ccsc2)sc1C(=O)N1CCC(N(C)C(=O)OC(C)(C)C)CC1. The molecule has 1 fully saturated rings. The minimum absolute atomic E-state index is 0.0369. The van der Waals surface area contributed by atoms with Gasteiger partial charge in [0.1, 0.15) is 15.5 Å². The number of nitrogens with zero attached hydrogens (tertiary/aromatic N) is 3. The molecule has 3 heterocycles. The van der Waals surface area contributed by atoms with Gasteiger partial charge in [-0.05, 0) is 52.0 Å². The molecule has 0 aromatic carbocycles. The van der Waals surface area contributed by atoms with Gasteiger partial charge in [-0.25, -0.2) is 9.78 Å². The lowest BCUT2D eigenvalue weighted by Gasteiger charge is -2.37. The molecule has 1 aliphatic heterocycles. The van der Waals surface area contributed by atoms with E-state index in [4.69, 9.17) is 4.74 Å². The van der Waals surface area contributed by atoms with E-state index in [1.807, 2.05) is 49.4 Å². The number of hydrogen-bond acceptors (Lipinski definition) is 6. The Morgan fingerprint density at radius 1 is 1.29 bits per heavy atom. The van der Waals surface area contributed by atoms with E-state index in [0.717, 1.165) is 29.1 Å². The summed E-state index contributed by atoms with van der Waals surface area (Å²) in [4.78, 5) is 34.1. The molecule has 0 atom stereocenters. The van der Waals surface area contributed by atoms with Crippen LogP contribution in [-0.4, -0.2) is 58.6 Å². The highest BCUT2D eigenvalue weighted by Crippen LogP contribution is 2.31. The first-order valence-electron chi connectivity index (χ1n) is 9.41. The summed E-state index contributed by atoms with van der Waals surface area (Å²) in [5.41, 5.74) is 1.34. The number of ether oxygens (including phenoxy) is 1. The molecular formula is C20H27N3O3S2. The van der Waals surface area contributed by atoms with Crippen molar-refractivity contribution in [2.24, 2.45) is 0 Å². The van der Waals surface area contributed by atoms with E-state index in [1.165, 1.54) is 11.3 Å². The quantitative estimate of drug-likeness (QED) is 0.724. The van der Waals surface area contributed by atoms with Crippen LogP contribution in [-0.2, 0) is 4.74 Å². The second-order valence-electron chi connectivity index (χ2n) is 8.06. The Kier molecular flexibility index (Phi) is 6.09. The molecule has 2 aromatic heterocycles. The van der Waals surface area contributed by atoms with Gasteiger partial charge >= 0.3 is 6.09 Å².